The van der Waals surface area contributed by atoms with Gasteiger partial charge in [-0.05, 0) is 37.4 Å². The zero-order chi connectivity index (χ0) is 12.3. The molecule has 0 saturated carbocycles. The zero-order valence-corrected chi connectivity index (χ0v) is 11.3. The Morgan fingerprint density at radius 1 is 1.65 bits per heavy atom. The second-order valence-corrected chi connectivity index (χ2v) is 6.49. The molecule has 3 nitrogen and oxygen atoms in total. The van der Waals surface area contributed by atoms with Crippen LogP contribution in [0.1, 0.15) is 37.1 Å². The Hall–Kier alpha value is -0.740. The van der Waals surface area contributed by atoms with Gasteiger partial charge in [-0.15, -0.1) is 0 Å². The van der Waals surface area contributed by atoms with E-state index in [0.29, 0.717) is 6.04 Å². The second kappa shape index (κ2) is 5.74. The molecule has 1 aliphatic carbocycles. The van der Waals surface area contributed by atoms with Crippen LogP contribution < -0.4 is 5.32 Å². The summed E-state index contributed by atoms with van der Waals surface area (Å²) >= 11 is 0. The SMILES string of the molecule is CC(CCNC1CCc2cccnc21)S(C)=O. The molecule has 1 heterocycles. The predicted octanol–water partition coefficient (Wildman–Crippen LogP) is 1.82. The highest BCUT2D eigenvalue weighted by Gasteiger charge is 2.22. The fraction of sp³-hybridized carbons (Fsp3) is 0.615. The van der Waals surface area contributed by atoms with Crippen molar-refractivity contribution in [1.29, 1.82) is 0 Å². The number of hydrogen-bond acceptors (Lipinski definition) is 3. The van der Waals surface area contributed by atoms with Crippen molar-refractivity contribution in [2.24, 2.45) is 0 Å². The van der Waals surface area contributed by atoms with Crippen LogP contribution in [-0.4, -0.2) is 27.2 Å². The second-order valence-electron chi connectivity index (χ2n) is 4.69. The summed E-state index contributed by atoms with van der Waals surface area (Å²) in [6.07, 6.45) is 6.85. The Kier molecular flexibility index (Phi) is 4.29. The van der Waals surface area contributed by atoms with E-state index in [4.69, 9.17) is 0 Å². The van der Waals surface area contributed by atoms with Crippen LogP contribution in [0.4, 0.5) is 0 Å². The van der Waals surface area contributed by atoms with Crippen LogP contribution in [0.25, 0.3) is 0 Å². The molecule has 3 atom stereocenters. The van der Waals surface area contributed by atoms with E-state index in [0.717, 1.165) is 25.8 Å². The molecule has 0 amide bonds. The molecule has 0 fully saturated rings. The van der Waals surface area contributed by atoms with Crippen LogP contribution in [0.5, 0.6) is 0 Å². The van der Waals surface area contributed by atoms with Gasteiger partial charge in [0.2, 0.25) is 0 Å². The highest BCUT2D eigenvalue weighted by molar-refractivity contribution is 7.84. The summed E-state index contributed by atoms with van der Waals surface area (Å²) in [7, 11) is -0.714. The molecule has 0 saturated heterocycles. The Morgan fingerprint density at radius 3 is 3.24 bits per heavy atom. The summed E-state index contributed by atoms with van der Waals surface area (Å²) < 4.78 is 11.2. The van der Waals surface area contributed by atoms with Crippen LogP contribution in [0, 0.1) is 0 Å². The van der Waals surface area contributed by atoms with E-state index in [-0.39, 0.29) is 5.25 Å². The minimum Gasteiger partial charge on any atom is -0.309 e. The lowest BCUT2D eigenvalue weighted by molar-refractivity contribution is 0.510. The summed E-state index contributed by atoms with van der Waals surface area (Å²) in [5.74, 6) is 0. The van der Waals surface area contributed by atoms with Gasteiger partial charge in [-0.3, -0.25) is 9.19 Å². The van der Waals surface area contributed by atoms with E-state index in [9.17, 15) is 4.21 Å². The lowest BCUT2D eigenvalue weighted by Crippen LogP contribution is -2.24. The average Bonchev–Trinajstić information content (AvgIpc) is 2.72. The number of nitrogens with one attached hydrogen (secondary N) is 1. The van der Waals surface area contributed by atoms with Gasteiger partial charge < -0.3 is 5.32 Å². The molecule has 0 bridgehead atoms. The van der Waals surface area contributed by atoms with Gasteiger partial charge >= 0.3 is 0 Å². The Morgan fingerprint density at radius 2 is 2.47 bits per heavy atom. The molecule has 17 heavy (non-hydrogen) atoms. The molecule has 1 aliphatic rings. The minimum atomic E-state index is -0.714. The molecule has 0 radical (unpaired) electrons. The summed E-state index contributed by atoms with van der Waals surface area (Å²) in [4.78, 5) is 4.45. The third kappa shape index (κ3) is 3.13. The molecule has 0 aromatic carbocycles. The van der Waals surface area contributed by atoms with Gasteiger partial charge in [0.1, 0.15) is 0 Å². The van der Waals surface area contributed by atoms with Gasteiger partial charge in [0, 0.05) is 28.5 Å². The first-order valence-corrected chi connectivity index (χ1v) is 7.80. The van der Waals surface area contributed by atoms with Crippen molar-refractivity contribution in [3.8, 4) is 0 Å². The van der Waals surface area contributed by atoms with Crippen molar-refractivity contribution in [2.75, 3.05) is 12.8 Å². The van der Waals surface area contributed by atoms with Crippen molar-refractivity contribution >= 4 is 10.8 Å². The standard InChI is InChI=1S/C13H20N2OS/c1-10(17(2)16)7-9-14-12-6-5-11-4-3-8-15-13(11)12/h3-4,8,10,12,14H,5-7,9H2,1-2H3. The van der Waals surface area contributed by atoms with Crippen molar-refractivity contribution < 1.29 is 4.21 Å². The lowest BCUT2D eigenvalue weighted by Gasteiger charge is -2.14. The molecule has 94 valence electrons. The number of nitrogens with zero attached hydrogens (tertiary/aromatic N) is 1. The molecule has 0 spiro atoms. The van der Waals surface area contributed by atoms with Crippen LogP contribution in [-0.2, 0) is 17.2 Å². The van der Waals surface area contributed by atoms with Gasteiger partial charge in [-0.1, -0.05) is 13.0 Å². The molecule has 1 aromatic rings. The number of rotatable bonds is 5. The highest BCUT2D eigenvalue weighted by atomic mass is 32.2. The summed E-state index contributed by atoms with van der Waals surface area (Å²) in [6, 6.07) is 4.56. The summed E-state index contributed by atoms with van der Waals surface area (Å²) in [5.41, 5.74) is 2.58. The number of aromatic nitrogens is 1. The van der Waals surface area contributed by atoms with Crippen molar-refractivity contribution in [3.63, 3.8) is 0 Å². The van der Waals surface area contributed by atoms with Crippen molar-refractivity contribution in [2.45, 2.75) is 37.5 Å². The number of pyridine rings is 1. The van der Waals surface area contributed by atoms with Crippen LogP contribution in [0.15, 0.2) is 18.3 Å². The van der Waals surface area contributed by atoms with Crippen LogP contribution in [0.3, 0.4) is 0 Å². The fourth-order valence-corrected chi connectivity index (χ4v) is 2.69. The van der Waals surface area contributed by atoms with Crippen molar-refractivity contribution in [3.05, 3.63) is 29.6 Å². The minimum absolute atomic E-state index is 0.270. The molecule has 2 rings (SSSR count). The largest absolute Gasteiger partial charge is 0.309 e. The van der Waals surface area contributed by atoms with E-state index >= 15 is 0 Å². The lowest BCUT2D eigenvalue weighted by atomic mass is 10.2. The normalized spacial score (nSPS) is 22.1. The van der Waals surface area contributed by atoms with E-state index in [1.54, 1.807) is 6.26 Å². The van der Waals surface area contributed by atoms with Gasteiger partial charge in [0.05, 0.1) is 11.7 Å². The van der Waals surface area contributed by atoms with Crippen LogP contribution in [0.2, 0.25) is 0 Å². The molecular formula is C13H20N2OS. The number of fused-ring (bicyclic) bond motifs is 1. The van der Waals surface area contributed by atoms with Crippen LogP contribution >= 0.6 is 0 Å². The van der Waals surface area contributed by atoms with E-state index in [1.807, 2.05) is 19.2 Å². The molecular weight excluding hydrogens is 232 g/mol. The number of hydrogen-bond donors (Lipinski definition) is 1. The number of aryl methyl sites for hydroxylation is 1. The predicted molar refractivity (Wildman–Crippen MR) is 71.4 cm³/mol. The monoisotopic (exact) mass is 252 g/mol. The molecule has 0 aliphatic heterocycles. The first-order valence-electron chi connectivity index (χ1n) is 6.18. The fourth-order valence-electron chi connectivity index (χ4n) is 2.24. The van der Waals surface area contributed by atoms with E-state index < -0.39 is 10.8 Å². The highest BCUT2D eigenvalue weighted by Crippen LogP contribution is 2.28. The zero-order valence-electron chi connectivity index (χ0n) is 10.5. The topological polar surface area (TPSA) is 42.0 Å². The Labute approximate surface area is 105 Å². The summed E-state index contributed by atoms with van der Waals surface area (Å²) in [6.45, 7) is 2.96. The molecule has 1 aromatic heterocycles. The molecule has 1 N–H and O–H groups in total. The maximum absolute atomic E-state index is 11.2. The summed E-state index contributed by atoms with van der Waals surface area (Å²) in [5, 5.41) is 3.80. The quantitative estimate of drug-likeness (QED) is 0.869. The van der Waals surface area contributed by atoms with Gasteiger partial charge in [0.15, 0.2) is 0 Å². The first kappa shape index (κ1) is 12.7. The third-order valence-electron chi connectivity index (χ3n) is 3.47. The average molecular weight is 252 g/mol. The van der Waals surface area contributed by atoms with Gasteiger partial charge in [0.25, 0.3) is 0 Å². The molecule has 4 heteroatoms. The smallest absolute Gasteiger partial charge is 0.0605 e. The molecule has 3 unspecified atom stereocenters. The first-order chi connectivity index (χ1) is 8.18. The third-order valence-corrected chi connectivity index (χ3v) is 4.84. The Bertz CT molecular complexity index is 408. The van der Waals surface area contributed by atoms with Gasteiger partial charge in [-0.2, -0.15) is 0 Å². The van der Waals surface area contributed by atoms with E-state index in [1.165, 1.54) is 11.3 Å². The van der Waals surface area contributed by atoms with Gasteiger partial charge in [-0.25, -0.2) is 0 Å². The maximum Gasteiger partial charge on any atom is 0.0605 e. The maximum atomic E-state index is 11.2. The van der Waals surface area contributed by atoms with E-state index in [2.05, 4.69) is 16.4 Å². The Balaban J connectivity index is 1.84. The van der Waals surface area contributed by atoms with Crippen molar-refractivity contribution in [1.82, 2.24) is 10.3 Å².